The van der Waals surface area contributed by atoms with E-state index in [0.29, 0.717) is 31.6 Å². The van der Waals surface area contributed by atoms with Crippen LogP contribution in [0.5, 0.6) is 0 Å². The third-order valence-electron chi connectivity index (χ3n) is 5.12. The molecule has 2 aromatic rings. The highest BCUT2D eigenvalue weighted by Crippen LogP contribution is 2.29. The number of fused-ring (bicyclic) bond motifs is 1. The zero-order valence-corrected chi connectivity index (χ0v) is 15.1. The number of hydrogen-bond acceptors (Lipinski definition) is 6. The van der Waals surface area contributed by atoms with E-state index >= 15 is 0 Å². The van der Waals surface area contributed by atoms with Gasteiger partial charge >= 0.3 is 12.2 Å². The van der Waals surface area contributed by atoms with Gasteiger partial charge in [0.15, 0.2) is 11.5 Å². The first-order chi connectivity index (χ1) is 13.2. The molecular weight excluding hydrogens is 379 g/mol. The molecule has 0 saturated carbocycles. The first-order valence-electron chi connectivity index (χ1n) is 8.79. The summed E-state index contributed by atoms with van der Waals surface area (Å²) in [6.45, 7) is -0.739. The summed E-state index contributed by atoms with van der Waals surface area (Å²) in [5.41, 5.74) is 1.38. The molecule has 0 unspecified atom stereocenters. The minimum absolute atomic E-state index is 0.283. The molecule has 28 heavy (non-hydrogen) atoms. The molecule has 0 radical (unpaired) electrons. The van der Waals surface area contributed by atoms with E-state index in [9.17, 15) is 22.8 Å². The number of carbonyl (C=O) groups is 2. The van der Waals surface area contributed by atoms with Gasteiger partial charge in [0, 0.05) is 26.2 Å². The van der Waals surface area contributed by atoms with Gasteiger partial charge in [0.05, 0.1) is 6.33 Å². The van der Waals surface area contributed by atoms with E-state index in [4.69, 9.17) is 0 Å². The van der Waals surface area contributed by atoms with Gasteiger partial charge in [-0.15, -0.1) is 0 Å². The Morgan fingerprint density at radius 2 is 1.86 bits per heavy atom. The maximum Gasteiger partial charge on any atom is 0.406 e. The summed E-state index contributed by atoms with van der Waals surface area (Å²) in [6.07, 6.45) is -0.454. The van der Waals surface area contributed by atoms with Gasteiger partial charge in [0.25, 0.3) is 5.91 Å². The summed E-state index contributed by atoms with van der Waals surface area (Å²) in [4.78, 5) is 40.5. The lowest BCUT2D eigenvalue weighted by Gasteiger charge is -2.36. The Kier molecular flexibility index (Phi) is 4.35. The quantitative estimate of drug-likeness (QED) is 0.723. The summed E-state index contributed by atoms with van der Waals surface area (Å²) in [6, 6.07) is -1.15. The van der Waals surface area contributed by atoms with Gasteiger partial charge in [-0.25, -0.2) is 19.7 Å². The van der Waals surface area contributed by atoms with Crippen molar-refractivity contribution in [2.45, 2.75) is 25.1 Å². The van der Waals surface area contributed by atoms with Crippen LogP contribution >= 0.6 is 0 Å². The largest absolute Gasteiger partial charge is 0.406 e. The Labute approximate surface area is 157 Å². The first kappa shape index (κ1) is 18.4. The number of imidazole rings is 1. The zero-order valence-electron chi connectivity index (χ0n) is 15.1. The molecule has 2 saturated heterocycles. The second kappa shape index (κ2) is 6.60. The Bertz CT molecular complexity index is 921. The first-order valence-corrected chi connectivity index (χ1v) is 8.79. The van der Waals surface area contributed by atoms with Crippen LogP contribution in [0.1, 0.15) is 12.8 Å². The number of aryl methyl sites for hydroxylation is 1. The van der Waals surface area contributed by atoms with Crippen molar-refractivity contribution < 1.29 is 22.8 Å². The Hall–Kier alpha value is -2.92. The third kappa shape index (κ3) is 3.22. The van der Waals surface area contributed by atoms with Crippen LogP contribution < -0.4 is 4.90 Å². The highest BCUT2D eigenvalue weighted by Gasteiger charge is 2.45. The molecule has 2 aromatic heterocycles. The number of carbonyl (C=O) groups excluding carboxylic acids is 2. The molecule has 2 aliphatic heterocycles. The summed E-state index contributed by atoms with van der Waals surface area (Å²) < 4.78 is 39.6. The Morgan fingerprint density at radius 3 is 2.54 bits per heavy atom. The normalized spacial score (nSPS) is 19.4. The standard InChI is InChI=1S/C16H18F3N7O2/c1-23-9-22-13-12(23)14(21-8-20-13)24-4-2-10(3-5-24)25-6-11(27)26(15(25)28)7-16(17,18)19/h8-10H,2-7H2,1H3. The molecule has 0 spiro atoms. The monoisotopic (exact) mass is 397 g/mol. The Balaban J connectivity index is 1.45. The number of halogens is 3. The van der Waals surface area contributed by atoms with Crippen LogP contribution in [0.2, 0.25) is 0 Å². The van der Waals surface area contributed by atoms with E-state index in [1.165, 1.54) is 11.2 Å². The molecule has 2 aliphatic rings. The number of urea groups is 1. The average molecular weight is 397 g/mol. The van der Waals surface area contributed by atoms with Gasteiger partial charge in [-0.2, -0.15) is 13.2 Å². The van der Waals surface area contributed by atoms with E-state index < -0.39 is 24.7 Å². The zero-order chi connectivity index (χ0) is 20.1. The van der Waals surface area contributed by atoms with Crippen molar-refractivity contribution in [1.29, 1.82) is 0 Å². The smallest absolute Gasteiger partial charge is 0.355 e. The fourth-order valence-electron chi connectivity index (χ4n) is 3.77. The van der Waals surface area contributed by atoms with Crippen molar-refractivity contribution in [3.8, 4) is 0 Å². The number of rotatable bonds is 3. The minimum atomic E-state index is -4.60. The highest BCUT2D eigenvalue weighted by molar-refractivity contribution is 6.02. The highest BCUT2D eigenvalue weighted by atomic mass is 19.4. The molecular formula is C16H18F3N7O2. The SMILES string of the molecule is Cn1cnc2ncnc(N3CCC(N4CC(=O)N(CC(F)(F)F)C4=O)CC3)c21. The molecule has 0 N–H and O–H groups in total. The maximum absolute atomic E-state index is 12.6. The molecule has 2 fully saturated rings. The number of amides is 3. The van der Waals surface area contributed by atoms with Crippen LogP contribution in [0.25, 0.3) is 11.2 Å². The average Bonchev–Trinajstić information content (AvgIpc) is 3.16. The maximum atomic E-state index is 12.6. The molecule has 0 aromatic carbocycles. The number of nitrogens with zero attached hydrogens (tertiary/aromatic N) is 7. The lowest BCUT2D eigenvalue weighted by molar-refractivity contribution is -0.151. The van der Waals surface area contributed by atoms with Crippen molar-refractivity contribution >= 4 is 28.9 Å². The Morgan fingerprint density at radius 1 is 1.14 bits per heavy atom. The van der Waals surface area contributed by atoms with Crippen molar-refractivity contribution in [1.82, 2.24) is 29.3 Å². The van der Waals surface area contributed by atoms with Crippen molar-refractivity contribution in [2.24, 2.45) is 7.05 Å². The van der Waals surface area contributed by atoms with Gasteiger partial charge in [0.2, 0.25) is 0 Å². The van der Waals surface area contributed by atoms with Gasteiger partial charge in [-0.3, -0.25) is 9.69 Å². The summed E-state index contributed by atoms with van der Waals surface area (Å²) >= 11 is 0. The molecule has 0 aliphatic carbocycles. The second-order valence-electron chi connectivity index (χ2n) is 6.95. The van der Waals surface area contributed by atoms with Crippen LogP contribution in [0.3, 0.4) is 0 Å². The van der Waals surface area contributed by atoms with Gasteiger partial charge in [0.1, 0.15) is 24.9 Å². The molecule has 4 heterocycles. The molecule has 0 bridgehead atoms. The predicted molar refractivity (Wildman–Crippen MR) is 91.4 cm³/mol. The van der Waals surface area contributed by atoms with E-state index in [1.807, 2.05) is 16.5 Å². The number of imide groups is 1. The summed E-state index contributed by atoms with van der Waals surface area (Å²) in [7, 11) is 1.85. The van der Waals surface area contributed by atoms with Crippen LogP contribution in [0, 0.1) is 0 Å². The molecule has 150 valence electrons. The molecule has 4 rings (SSSR count). The van der Waals surface area contributed by atoms with Gasteiger partial charge in [-0.05, 0) is 12.8 Å². The topological polar surface area (TPSA) is 87.5 Å². The molecule has 3 amide bonds. The fourth-order valence-corrected chi connectivity index (χ4v) is 3.77. The molecule has 0 atom stereocenters. The van der Waals surface area contributed by atoms with Crippen molar-refractivity contribution in [3.63, 3.8) is 0 Å². The van der Waals surface area contributed by atoms with E-state index in [1.54, 1.807) is 6.33 Å². The van der Waals surface area contributed by atoms with Crippen molar-refractivity contribution in [3.05, 3.63) is 12.7 Å². The summed E-state index contributed by atoms with van der Waals surface area (Å²) in [5.74, 6) is -0.0804. The summed E-state index contributed by atoms with van der Waals surface area (Å²) in [5, 5.41) is 0. The van der Waals surface area contributed by atoms with Crippen LogP contribution in [0.4, 0.5) is 23.8 Å². The lowest BCUT2D eigenvalue weighted by Crippen LogP contribution is -2.47. The number of piperidine rings is 1. The molecule has 9 nitrogen and oxygen atoms in total. The van der Waals surface area contributed by atoms with E-state index in [0.717, 1.165) is 11.3 Å². The number of aromatic nitrogens is 4. The predicted octanol–water partition coefficient (Wildman–Crippen LogP) is 1.16. The lowest BCUT2D eigenvalue weighted by atomic mass is 10.0. The number of alkyl halides is 3. The van der Waals surface area contributed by atoms with Gasteiger partial charge in [-0.1, -0.05) is 0 Å². The van der Waals surface area contributed by atoms with Crippen LogP contribution in [-0.2, 0) is 11.8 Å². The third-order valence-corrected chi connectivity index (χ3v) is 5.12. The number of hydrogen-bond donors (Lipinski definition) is 0. The van der Waals surface area contributed by atoms with Gasteiger partial charge < -0.3 is 14.4 Å². The van der Waals surface area contributed by atoms with E-state index in [-0.39, 0.29) is 17.5 Å². The fraction of sp³-hybridized carbons (Fsp3) is 0.562. The number of anilines is 1. The second-order valence-corrected chi connectivity index (χ2v) is 6.95. The van der Waals surface area contributed by atoms with Crippen LogP contribution in [-0.4, -0.2) is 79.7 Å². The van der Waals surface area contributed by atoms with Crippen LogP contribution in [0.15, 0.2) is 12.7 Å². The molecule has 12 heteroatoms. The van der Waals surface area contributed by atoms with E-state index in [2.05, 4.69) is 15.0 Å². The minimum Gasteiger partial charge on any atom is -0.355 e. The van der Waals surface area contributed by atoms with Crippen molar-refractivity contribution in [2.75, 3.05) is 31.1 Å².